The summed E-state index contributed by atoms with van der Waals surface area (Å²) >= 11 is 3.95. The van der Waals surface area contributed by atoms with Crippen molar-refractivity contribution in [3.05, 3.63) is 29.6 Å². The molecule has 1 aromatic rings. The number of nitrogens with zero attached hydrogens (tertiary/aromatic N) is 1. The predicted octanol–water partition coefficient (Wildman–Crippen LogP) is 2.35. The van der Waals surface area contributed by atoms with E-state index in [0.29, 0.717) is 12.1 Å². The SMILES string of the molecule is CCN(CC(C)(C)O)C(=O)c1ccc(F)c(S)c1. The van der Waals surface area contributed by atoms with Gasteiger partial charge >= 0.3 is 0 Å². The lowest BCUT2D eigenvalue weighted by molar-refractivity contribution is 0.0314. The highest BCUT2D eigenvalue weighted by Crippen LogP contribution is 2.16. The lowest BCUT2D eigenvalue weighted by Gasteiger charge is -2.28. The molecule has 0 aromatic heterocycles. The van der Waals surface area contributed by atoms with E-state index in [-0.39, 0.29) is 17.3 Å². The maximum absolute atomic E-state index is 13.1. The number of amides is 1. The second kappa shape index (κ2) is 5.71. The normalized spacial score (nSPS) is 11.4. The average molecular weight is 271 g/mol. The van der Waals surface area contributed by atoms with Gasteiger partial charge in [-0.25, -0.2) is 4.39 Å². The van der Waals surface area contributed by atoms with Crippen molar-refractivity contribution in [1.29, 1.82) is 0 Å². The second-order valence-corrected chi connectivity index (χ2v) is 5.28. The second-order valence-electron chi connectivity index (χ2n) is 4.80. The van der Waals surface area contributed by atoms with Crippen molar-refractivity contribution in [2.24, 2.45) is 0 Å². The van der Waals surface area contributed by atoms with Crippen LogP contribution in [0.15, 0.2) is 23.1 Å². The highest BCUT2D eigenvalue weighted by atomic mass is 32.1. The van der Waals surface area contributed by atoms with Crippen molar-refractivity contribution in [1.82, 2.24) is 4.90 Å². The van der Waals surface area contributed by atoms with E-state index in [0.717, 1.165) is 0 Å². The number of hydrogen-bond acceptors (Lipinski definition) is 3. The quantitative estimate of drug-likeness (QED) is 0.825. The van der Waals surface area contributed by atoms with Gasteiger partial charge in [-0.05, 0) is 39.0 Å². The molecular formula is C13H18FNO2S. The lowest BCUT2D eigenvalue weighted by Crippen LogP contribution is -2.42. The smallest absolute Gasteiger partial charge is 0.253 e. The number of rotatable bonds is 4. The minimum absolute atomic E-state index is 0.139. The van der Waals surface area contributed by atoms with Gasteiger partial charge in [0, 0.05) is 23.5 Å². The van der Waals surface area contributed by atoms with Crippen LogP contribution in [-0.4, -0.2) is 34.6 Å². The van der Waals surface area contributed by atoms with Crippen LogP contribution >= 0.6 is 12.6 Å². The van der Waals surface area contributed by atoms with E-state index in [1.165, 1.54) is 23.1 Å². The molecule has 0 bridgehead atoms. The van der Waals surface area contributed by atoms with Crippen LogP contribution in [0.1, 0.15) is 31.1 Å². The van der Waals surface area contributed by atoms with Gasteiger partial charge in [0.1, 0.15) is 5.82 Å². The van der Waals surface area contributed by atoms with Crippen molar-refractivity contribution >= 4 is 18.5 Å². The average Bonchev–Trinajstić information content (AvgIpc) is 2.27. The predicted molar refractivity (Wildman–Crippen MR) is 71.5 cm³/mol. The number of hydrogen-bond donors (Lipinski definition) is 2. The van der Waals surface area contributed by atoms with Crippen LogP contribution in [0.4, 0.5) is 4.39 Å². The van der Waals surface area contributed by atoms with E-state index in [9.17, 15) is 14.3 Å². The van der Waals surface area contributed by atoms with Gasteiger partial charge in [-0.15, -0.1) is 12.6 Å². The van der Waals surface area contributed by atoms with Crippen LogP contribution in [0.5, 0.6) is 0 Å². The Hall–Kier alpha value is -1.07. The molecule has 0 unspecified atom stereocenters. The van der Waals surface area contributed by atoms with Crippen LogP contribution in [0.3, 0.4) is 0 Å². The summed E-state index contributed by atoms with van der Waals surface area (Å²) in [5.74, 6) is -0.699. The number of aliphatic hydroxyl groups is 1. The largest absolute Gasteiger partial charge is 0.389 e. The molecule has 0 aliphatic rings. The fourth-order valence-electron chi connectivity index (χ4n) is 1.62. The molecule has 0 atom stereocenters. The third kappa shape index (κ3) is 3.99. The van der Waals surface area contributed by atoms with Crippen LogP contribution in [0, 0.1) is 5.82 Å². The molecule has 0 heterocycles. The van der Waals surface area contributed by atoms with E-state index in [1.807, 2.05) is 6.92 Å². The summed E-state index contributed by atoms with van der Waals surface area (Å²) in [7, 11) is 0. The molecule has 0 spiro atoms. The molecule has 1 amide bonds. The molecule has 1 rings (SSSR count). The third-order valence-electron chi connectivity index (χ3n) is 2.44. The van der Waals surface area contributed by atoms with Crippen LogP contribution < -0.4 is 0 Å². The molecule has 0 aliphatic heterocycles. The molecule has 0 saturated carbocycles. The van der Waals surface area contributed by atoms with Crippen LogP contribution in [-0.2, 0) is 0 Å². The van der Waals surface area contributed by atoms with Crippen molar-refractivity contribution in [2.75, 3.05) is 13.1 Å². The fourth-order valence-corrected chi connectivity index (χ4v) is 1.84. The molecular weight excluding hydrogens is 253 g/mol. The molecule has 0 radical (unpaired) electrons. The Balaban J connectivity index is 2.93. The van der Waals surface area contributed by atoms with Gasteiger partial charge in [0.2, 0.25) is 0 Å². The van der Waals surface area contributed by atoms with Crippen molar-refractivity contribution < 1.29 is 14.3 Å². The Morgan fingerprint density at radius 2 is 2.11 bits per heavy atom. The van der Waals surface area contributed by atoms with E-state index < -0.39 is 11.4 Å². The van der Waals surface area contributed by atoms with E-state index >= 15 is 0 Å². The number of thiol groups is 1. The molecule has 5 heteroatoms. The zero-order chi connectivity index (χ0) is 13.9. The summed E-state index contributed by atoms with van der Waals surface area (Å²) in [5.41, 5.74) is -0.595. The summed E-state index contributed by atoms with van der Waals surface area (Å²) in [5, 5.41) is 9.74. The van der Waals surface area contributed by atoms with E-state index in [2.05, 4.69) is 12.6 Å². The molecule has 18 heavy (non-hydrogen) atoms. The van der Waals surface area contributed by atoms with Crippen LogP contribution in [0.2, 0.25) is 0 Å². The number of halogens is 1. The van der Waals surface area contributed by atoms with Crippen molar-refractivity contribution in [2.45, 2.75) is 31.3 Å². The fraction of sp³-hybridized carbons (Fsp3) is 0.462. The minimum atomic E-state index is -0.963. The lowest BCUT2D eigenvalue weighted by atomic mass is 10.1. The Bertz CT molecular complexity index is 443. The summed E-state index contributed by atoms with van der Waals surface area (Å²) < 4.78 is 13.1. The van der Waals surface area contributed by atoms with Gasteiger partial charge in [-0.3, -0.25) is 4.79 Å². The summed E-state index contributed by atoms with van der Waals surface area (Å²) in [6, 6.07) is 4.03. The minimum Gasteiger partial charge on any atom is -0.389 e. The van der Waals surface area contributed by atoms with Crippen LogP contribution in [0.25, 0.3) is 0 Å². The van der Waals surface area contributed by atoms with Crippen molar-refractivity contribution in [3.8, 4) is 0 Å². The molecule has 0 aliphatic carbocycles. The monoisotopic (exact) mass is 271 g/mol. The molecule has 0 fully saturated rings. The highest BCUT2D eigenvalue weighted by Gasteiger charge is 2.22. The Labute approximate surface area is 112 Å². The van der Waals surface area contributed by atoms with Gasteiger partial charge in [0.15, 0.2) is 0 Å². The van der Waals surface area contributed by atoms with Gasteiger partial charge < -0.3 is 10.0 Å². The zero-order valence-electron chi connectivity index (χ0n) is 10.8. The van der Waals surface area contributed by atoms with Gasteiger partial charge in [0.25, 0.3) is 5.91 Å². The zero-order valence-corrected chi connectivity index (χ0v) is 11.7. The Morgan fingerprint density at radius 3 is 2.56 bits per heavy atom. The third-order valence-corrected chi connectivity index (χ3v) is 2.78. The summed E-state index contributed by atoms with van der Waals surface area (Å²) in [4.78, 5) is 13.8. The maximum atomic E-state index is 13.1. The first kappa shape index (κ1) is 15.0. The molecule has 3 nitrogen and oxygen atoms in total. The standard InChI is InChI=1S/C13H18FNO2S/c1-4-15(8-13(2,3)17)12(16)9-5-6-10(14)11(18)7-9/h5-7,17-18H,4,8H2,1-3H3. The molecule has 0 saturated heterocycles. The highest BCUT2D eigenvalue weighted by molar-refractivity contribution is 7.80. The maximum Gasteiger partial charge on any atom is 0.253 e. The first-order chi connectivity index (χ1) is 8.24. The Morgan fingerprint density at radius 1 is 1.50 bits per heavy atom. The first-order valence-corrected chi connectivity index (χ1v) is 6.19. The van der Waals surface area contributed by atoms with Gasteiger partial charge in [0.05, 0.1) is 5.60 Å². The number of carbonyl (C=O) groups is 1. The number of benzene rings is 1. The van der Waals surface area contributed by atoms with Gasteiger partial charge in [-0.1, -0.05) is 0 Å². The topological polar surface area (TPSA) is 40.5 Å². The summed E-state index contributed by atoms with van der Waals surface area (Å²) in [6.45, 7) is 5.80. The van der Waals surface area contributed by atoms with E-state index in [4.69, 9.17) is 0 Å². The molecule has 1 N–H and O–H groups in total. The summed E-state index contributed by atoms with van der Waals surface area (Å²) in [6.07, 6.45) is 0. The van der Waals surface area contributed by atoms with E-state index in [1.54, 1.807) is 13.8 Å². The molecule has 1 aromatic carbocycles. The molecule has 100 valence electrons. The number of carbonyl (C=O) groups excluding carboxylic acids is 1. The van der Waals surface area contributed by atoms with Gasteiger partial charge in [-0.2, -0.15) is 0 Å². The Kier molecular flexibility index (Phi) is 4.76. The van der Waals surface area contributed by atoms with Crippen molar-refractivity contribution in [3.63, 3.8) is 0 Å². The first-order valence-electron chi connectivity index (χ1n) is 5.75. The number of likely N-dealkylation sites (N-methyl/N-ethyl adjacent to an activating group) is 1.